The van der Waals surface area contributed by atoms with E-state index in [-0.39, 0.29) is 24.2 Å². The molecule has 0 spiro atoms. The molecule has 1 heterocycles. The number of hydrogen-bond donors (Lipinski definition) is 0. The molecule has 0 N–H and O–H groups in total. The van der Waals surface area contributed by atoms with Gasteiger partial charge in [0.1, 0.15) is 13.2 Å². The summed E-state index contributed by atoms with van der Waals surface area (Å²) < 4.78 is 34.5. The maximum atomic E-state index is 12.2. The number of benzene rings is 2. The number of carbonyl (C=O) groups is 1. The Bertz CT molecular complexity index is 1020. The first kappa shape index (κ1) is 22.8. The summed E-state index contributed by atoms with van der Waals surface area (Å²) in [5.41, 5.74) is 1.93. The summed E-state index contributed by atoms with van der Waals surface area (Å²) in [7, 11) is -3.80. The zero-order valence-electron chi connectivity index (χ0n) is 17.5. The van der Waals surface area contributed by atoms with Crippen LogP contribution >= 0.6 is 0 Å². The highest BCUT2D eigenvalue weighted by molar-refractivity contribution is 7.86. The Morgan fingerprint density at radius 3 is 2.32 bits per heavy atom. The number of nitrogens with zero attached hydrogens (tertiary/aromatic N) is 2. The van der Waals surface area contributed by atoms with Crippen LogP contribution in [0.1, 0.15) is 11.1 Å². The predicted octanol–water partition coefficient (Wildman–Crippen LogP) is 2.66. The largest absolute Gasteiger partial charge is 0.445 e. The van der Waals surface area contributed by atoms with E-state index in [1.54, 1.807) is 17.0 Å². The molecule has 2 aromatic rings. The third-order valence-electron chi connectivity index (χ3n) is 4.86. The number of rotatable bonds is 6. The van der Waals surface area contributed by atoms with E-state index in [2.05, 4.69) is 16.7 Å². The number of aryl methyl sites for hydroxylation is 1. The van der Waals surface area contributed by atoms with E-state index in [0.29, 0.717) is 32.7 Å². The first-order valence-corrected chi connectivity index (χ1v) is 11.4. The molecule has 31 heavy (non-hydrogen) atoms. The molecule has 3 rings (SSSR count). The molecule has 0 unspecified atom stereocenters. The molecule has 164 valence electrons. The van der Waals surface area contributed by atoms with Crippen molar-refractivity contribution in [3.8, 4) is 11.8 Å². The minimum Gasteiger partial charge on any atom is -0.445 e. The van der Waals surface area contributed by atoms with E-state index in [1.165, 1.54) is 12.1 Å². The van der Waals surface area contributed by atoms with Gasteiger partial charge in [-0.2, -0.15) is 8.42 Å². The fraction of sp³-hybridized carbons (Fsp3) is 0.348. The topological polar surface area (TPSA) is 76.2 Å². The number of ether oxygens (including phenoxy) is 1. The summed E-state index contributed by atoms with van der Waals surface area (Å²) in [5, 5.41) is 0. The number of piperazine rings is 1. The lowest BCUT2D eigenvalue weighted by atomic mass is 10.2. The number of hydrogen-bond acceptors (Lipinski definition) is 6. The van der Waals surface area contributed by atoms with Crippen LogP contribution in [0.15, 0.2) is 59.5 Å². The Kier molecular flexibility index (Phi) is 8.06. The smallest absolute Gasteiger partial charge is 0.410 e. The molecular weight excluding hydrogens is 416 g/mol. The predicted molar refractivity (Wildman–Crippen MR) is 117 cm³/mol. The van der Waals surface area contributed by atoms with Gasteiger partial charge in [0.25, 0.3) is 10.1 Å². The summed E-state index contributed by atoms with van der Waals surface area (Å²) in [6.07, 6.45) is -0.315. The number of amides is 1. The van der Waals surface area contributed by atoms with Crippen molar-refractivity contribution in [1.82, 2.24) is 9.80 Å². The highest BCUT2D eigenvalue weighted by atomic mass is 32.2. The third kappa shape index (κ3) is 7.10. The van der Waals surface area contributed by atoms with Crippen molar-refractivity contribution in [3.05, 3.63) is 65.7 Å². The van der Waals surface area contributed by atoms with Crippen molar-refractivity contribution >= 4 is 16.2 Å². The zero-order chi connectivity index (χ0) is 22.1. The highest BCUT2D eigenvalue weighted by Crippen LogP contribution is 2.12. The molecule has 0 aliphatic carbocycles. The first-order chi connectivity index (χ1) is 14.9. The third-order valence-corrected chi connectivity index (χ3v) is 6.14. The van der Waals surface area contributed by atoms with E-state index in [0.717, 1.165) is 11.1 Å². The van der Waals surface area contributed by atoms with Gasteiger partial charge in [-0.1, -0.05) is 59.9 Å². The normalized spacial score (nSPS) is 14.5. The minimum absolute atomic E-state index is 0.121. The maximum Gasteiger partial charge on any atom is 0.410 e. The van der Waals surface area contributed by atoms with Crippen molar-refractivity contribution in [2.75, 3.05) is 39.3 Å². The first-order valence-electron chi connectivity index (χ1n) is 10.0. The van der Waals surface area contributed by atoms with Crippen molar-refractivity contribution in [1.29, 1.82) is 0 Å². The summed E-state index contributed by atoms with van der Waals surface area (Å²) in [6.45, 7) is 4.92. The fourth-order valence-electron chi connectivity index (χ4n) is 3.00. The molecule has 1 amide bonds. The molecule has 0 saturated carbocycles. The average Bonchev–Trinajstić information content (AvgIpc) is 2.78. The van der Waals surface area contributed by atoms with Crippen LogP contribution in [0, 0.1) is 18.8 Å². The quantitative estimate of drug-likeness (QED) is 0.506. The van der Waals surface area contributed by atoms with Crippen molar-refractivity contribution in [2.24, 2.45) is 0 Å². The van der Waals surface area contributed by atoms with Gasteiger partial charge in [-0.05, 0) is 24.6 Å². The average molecular weight is 443 g/mol. The van der Waals surface area contributed by atoms with E-state index >= 15 is 0 Å². The van der Waals surface area contributed by atoms with Crippen LogP contribution in [0.25, 0.3) is 0 Å². The van der Waals surface area contributed by atoms with Crippen LogP contribution in [0.5, 0.6) is 0 Å². The minimum atomic E-state index is -3.80. The monoisotopic (exact) mass is 442 g/mol. The highest BCUT2D eigenvalue weighted by Gasteiger charge is 2.21. The lowest BCUT2D eigenvalue weighted by Crippen LogP contribution is -2.48. The summed E-state index contributed by atoms with van der Waals surface area (Å²) in [4.78, 5) is 16.1. The van der Waals surface area contributed by atoms with Crippen LogP contribution in [0.4, 0.5) is 4.79 Å². The van der Waals surface area contributed by atoms with Gasteiger partial charge < -0.3 is 9.64 Å². The SMILES string of the molecule is Cc1ccc(S(=O)(=O)OCC#CCN2CCN(C(=O)OCc3ccccc3)CC2)cc1. The molecule has 0 bridgehead atoms. The van der Waals surface area contributed by atoms with Crippen molar-refractivity contribution in [2.45, 2.75) is 18.4 Å². The fourth-order valence-corrected chi connectivity index (χ4v) is 3.82. The van der Waals surface area contributed by atoms with Gasteiger partial charge in [0.15, 0.2) is 0 Å². The lowest BCUT2D eigenvalue weighted by molar-refractivity contribution is 0.0745. The maximum absolute atomic E-state index is 12.2. The summed E-state index contributed by atoms with van der Waals surface area (Å²) in [5.74, 6) is 5.67. The molecule has 0 aromatic heterocycles. The Morgan fingerprint density at radius 2 is 1.65 bits per heavy atom. The van der Waals surface area contributed by atoms with Gasteiger partial charge in [0.05, 0.1) is 11.4 Å². The van der Waals surface area contributed by atoms with Gasteiger partial charge in [0, 0.05) is 26.2 Å². The Morgan fingerprint density at radius 1 is 0.968 bits per heavy atom. The number of carbonyl (C=O) groups excluding carboxylic acids is 1. The van der Waals surface area contributed by atoms with E-state index in [9.17, 15) is 13.2 Å². The molecule has 1 aliphatic rings. The molecule has 7 nitrogen and oxygen atoms in total. The molecule has 1 fully saturated rings. The molecule has 2 aromatic carbocycles. The second-order valence-electron chi connectivity index (χ2n) is 7.19. The lowest BCUT2D eigenvalue weighted by Gasteiger charge is -2.32. The Hall–Kier alpha value is -2.86. The van der Waals surface area contributed by atoms with Crippen LogP contribution in [-0.4, -0.2) is 63.6 Å². The van der Waals surface area contributed by atoms with E-state index < -0.39 is 10.1 Å². The molecular formula is C23H26N2O5S. The van der Waals surface area contributed by atoms with Crippen LogP contribution in [0.2, 0.25) is 0 Å². The molecule has 0 atom stereocenters. The zero-order valence-corrected chi connectivity index (χ0v) is 18.3. The van der Waals surface area contributed by atoms with Gasteiger partial charge in [-0.15, -0.1) is 0 Å². The molecule has 8 heteroatoms. The van der Waals surface area contributed by atoms with E-state index in [1.807, 2.05) is 37.3 Å². The Labute approximate surface area is 183 Å². The van der Waals surface area contributed by atoms with E-state index in [4.69, 9.17) is 8.92 Å². The van der Waals surface area contributed by atoms with Crippen molar-refractivity contribution < 1.29 is 22.1 Å². The summed E-state index contributed by atoms with van der Waals surface area (Å²) in [6, 6.07) is 16.0. The standard InChI is InChI=1S/C23H26N2O5S/c1-20-9-11-22(12-10-20)31(27,28)30-18-6-5-13-24-14-16-25(17-15-24)23(26)29-19-21-7-3-2-4-8-21/h2-4,7-12H,13-19H2,1H3. The van der Waals surface area contributed by atoms with Crippen LogP contribution < -0.4 is 0 Å². The summed E-state index contributed by atoms with van der Waals surface area (Å²) >= 11 is 0. The van der Waals surface area contributed by atoms with Gasteiger partial charge in [0.2, 0.25) is 0 Å². The molecule has 1 aliphatic heterocycles. The van der Waals surface area contributed by atoms with Crippen molar-refractivity contribution in [3.63, 3.8) is 0 Å². The van der Waals surface area contributed by atoms with Gasteiger partial charge in [-0.3, -0.25) is 9.08 Å². The molecule has 1 saturated heterocycles. The van der Waals surface area contributed by atoms with Gasteiger partial charge >= 0.3 is 6.09 Å². The van der Waals surface area contributed by atoms with Gasteiger partial charge in [-0.25, -0.2) is 4.79 Å². The Balaban J connectivity index is 1.35. The van der Waals surface area contributed by atoms with Crippen LogP contribution in [0.3, 0.4) is 0 Å². The second kappa shape index (κ2) is 11.0. The second-order valence-corrected chi connectivity index (χ2v) is 8.80. The van der Waals surface area contributed by atoms with Crippen LogP contribution in [-0.2, 0) is 25.6 Å². The molecule has 0 radical (unpaired) electrons.